The van der Waals surface area contributed by atoms with Gasteiger partial charge < -0.3 is 4.74 Å². The van der Waals surface area contributed by atoms with Gasteiger partial charge in [0.1, 0.15) is 0 Å². The fraction of sp³-hybridized carbons (Fsp3) is 0.133. The predicted octanol–water partition coefficient (Wildman–Crippen LogP) is 2.63. The van der Waals surface area contributed by atoms with E-state index in [1.54, 1.807) is 37.3 Å². The third-order valence-corrected chi connectivity index (χ3v) is 2.97. The maximum Gasteiger partial charge on any atom is 0.336 e. The number of methoxy groups -OCH3 is 1. The van der Waals surface area contributed by atoms with Gasteiger partial charge in [-0.2, -0.15) is 0 Å². The van der Waals surface area contributed by atoms with E-state index in [-0.39, 0.29) is 11.5 Å². The highest BCUT2D eigenvalue weighted by molar-refractivity contribution is 6.29. The number of Topliss-reactive ketones (excluding diaryl/α,β-unsaturated/α-hetero) is 1. The Kier molecular flexibility index (Phi) is 3.30. The van der Waals surface area contributed by atoms with Crippen LogP contribution in [0.2, 0.25) is 0 Å². The van der Waals surface area contributed by atoms with Crippen molar-refractivity contribution in [2.24, 2.45) is 0 Å². The van der Waals surface area contributed by atoms with Crippen molar-refractivity contribution in [1.82, 2.24) is 0 Å². The van der Waals surface area contributed by atoms with Crippen LogP contribution in [-0.2, 0) is 9.53 Å². The van der Waals surface area contributed by atoms with E-state index < -0.39 is 5.97 Å². The quantitative estimate of drug-likeness (QED) is 0.439. The summed E-state index contributed by atoms with van der Waals surface area (Å²) in [5.41, 5.74) is 1.70. The van der Waals surface area contributed by atoms with Gasteiger partial charge in [0.15, 0.2) is 5.78 Å². The third-order valence-electron chi connectivity index (χ3n) is 2.97. The molecule has 0 radical (unpaired) electrons. The smallest absolute Gasteiger partial charge is 0.336 e. The van der Waals surface area contributed by atoms with Crippen molar-refractivity contribution in [3.8, 4) is 0 Å². The summed E-state index contributed by atoms with van der Waals surface area (Å²) < 4.78 is 4.61. The third kappa shape index (κ3) is 1.85. The topological polar surface area (TPSA) is 47.7 Å². The zero-order valence-electron chi connectivity index (χ0n) is 10.6. The Morgan fingerprint density at radius 3 is 2.47 bits per heavy atom. The number of esters is 1. The number of hydrogen-bond donors (Lipinski definition) is 0. The number of fused-ring (bicyclic) bond motifs is 1. The Bertz CT molecular complexity index is 675. The first-order valence-electron chi connectivity index (χ1n) is 5.66. The molecule has 0 bridgehead atoms. The summed E-state index contributed by atoms with van der Waals surface area (Å²) >= 11 is 0. The molecule has 1 aliphatic rings. The number of allylic oxidation sites excluding steroid dienone is 3. The average Bonchev–Trinajstić information content (AvgIpc) is 2.73. The van der Waals surface area contributed by atoms with Crippen molar-refractivity contribution in [3.63, 3.8) is 0 Å². The normalized spacial score (nSPS) is 17.9. The van der Waals surface area contributed by atoms with Crippen molar-refractivity contribution in [3.05, 3.63) is 64.2 Å². The number of rotatable bonds is 1. The Balaban J connectivity index is 2.82. The highest BCUT2D eigenvalue weighted by atomic mass is 16.5. The Hall–Kier alpha value is -2.67. The van der Waals surface area contributed by atoms with Gasteiger partial charge in [0.25, 0.3) is 5.70 Å². The number of ether oxygens (including phenoxy) is 1. The minimum absolute atomic E-state index is 0.158. The van der Waals surface area contributed by atoms with E-state index in [2.05, 4.69) is 9.58 Å². The molecule has 0 fully saturated rings. The molecule has 0 spiro atoms. The van der Waals surface area contributed by atoms with Gasteiger partial charge in [-0.3, -0.25) is 9.59 Å². The number of ketones is 1. The number of carbonyl (C=O) groups is 2. The number of carbonyl (C=O) groups excluding carboxylic acids is 2. The summed E-state index contributed by atoms with van der Waals surface area (Å²) in [6.07, 6.45) is 1.62. The van der Waals surface area contributed by atoms with Crippen molar-refractivity contribution in [1.29, 1.82) is 0 Å². The minimum Gasteiger partial charge on any atom is -0.474 e. The van der Waals surface area contributed by atoms with Crippen LogP contribution in [0.1, 0.15) is 22.8 Å². The average molecular weight is 253 g/mol. The van der Waals surface area contributed by atoms with E-state index in [1.165, 1.54) is 7.11 Å². The fourth-order valence-electron chi connectivity index (χ4n) is 2.13. The van der Waals surface area contributed by atoms with Crippen LogP contribution in [-0.4, -0.2) is 18.9 Å². The fourth-order valence-corrected chi connectivity index (χ4v) is 2.13. The molecule has 0 N–H and O–H groups in total. The molecular formula is C15H11NO3. The second kappa shape index (κ2) is 4.91. The molecule has 4 nitrogen and oxygen atoms in total. The lowest BCUT2D eigenvalue weighted by Gasteiger charge is -2.04. The summed E-state index contributed by atoms with van der Waals surface area (Å²) in [4.78, 5) is 27.1. The van der Waals surface area contributed by atoms with Crippen LogP contribution in [0.5, 0.6) is 0 Å². The van der Waals surface area contributed by atoms with Gasteiger partial charge in [-0.05, 0) is 12.5 Å². The zero-order chi connectivity index (χ0) is 14.0. The van der Waals surface area contributed by atoms with Crippen LogP contribution in [0.4, 0.5) is 0 Å². The molecule has 4 heteroatoms. The van der Waals surface area contributed by atoms with Crippen LogP contribution in [0, 0.1) is 6.57 Å². The molecule has 0 unspecified atom stereocenters. The van der Waals surface area contributed by atoms with Gasteiger partial charge in [0.2, 0.25) is 0 Å². The largest absolute Gasteiger partial charge is 0.474 e. The number of nitrogens with zero attached hydrogens (tertiary/aromatic N) is 1. The Morgan fingerprint density at radius 2 is 1.95 bits per heavy atom. The van der Waals surface area contributed by atoms with E-state index in [9.17, 15) is 9.59 Å². The molecule has 1 aromatic carbocycles. The molecule has 0 saturated heterocycles. The maximum atomic E-state index is 12.2. The predicted molar refractivity (Wildman–Crippen MR) is 70.1 cm³/mol. The first-order chi connectivity index (χ1) is 9.15. The SMILES string of the molecule is [C-]#[N+]C(C(=O)OC)=C1/C(=C/C)C(=O)c2ccccc21. The highest BCUT2D eigenvalue weighted by Crippen LogP contribution is 2.39. The zero-order valence-corrected chi connectivity index (χ0v) is 10.6. The molecule has 1 aliphatic carbocycles. The highest BCUT2D eigenvalue weighted by Gasteiger charge is 2.33. The molecule has 0 aromatic heterocycles. The van der Waals surface area contributed by atoms with Crippen LogP contribution in [0.3, 0.4) is 0 Å². The van der Waals surface area contributed by atoms with E-state index in [1.807, 2.05) is 0 Å². The van der Waals surface area contributed by atoms with Gasteiger partial charge in [-0.15, -0.1) is 0 Å². The van der Waals surface area contributed by atoms with Gasteiger partial charge in [-0.25, -0.2) is 4.85 Å². The van der Waals surface area contributed by atoms with Gasteiger partial charge >= 0.3 is 5.97 Å². The van der Waals surface area contributed by atoms with Crippen molar-refractivity contribution in [2.45, 2.75) is 6.92 Å². The second-order valence-corrected chi connectivity index (χ2v) is 3.90. The summed E-state index contributed by atoms with van der Waals surface area (Å²) in [5.74, 6) is -0.896. The summed E-state index contributed by atoms with van der Waals surface area (Å²) in [6, 6.07) is 6.94. The van der Waals surface area contributed by atoms with Gasteiger partial charge in [-0.1, -0.05) is 30.3 Å². The standard InChI is InChI=1S/C15H11NO3/c1-4-9-12(13(16-2)15(18)19-3)10-7-5-6-8-11(10)14(9)17/h4-8H,1,3H3/b9-4-,13-12?. The molecule has 0 aliphatic heterocycles. The van der Waals surface area contributed by atoms with Crippen LogP contribution < -0.4 is 0 Å². The Morgan fingerprint density at radius 1 is 1.32 bits per heavy atom. The van der Waals surface area contributed by atoms with Crippen molar-refractivity contribution >= 4 is 17.3 Å². The summed E-state index contributed by atoms with van der Waals surface area (Å²) in [6.45, 7) is 8.86. The minimum atomic E-state index is -0.728. The van der Waals surface area contributed by atoms with Crippen molar-refractivity contribution < 1.29 is 14.3 Å². The number of hydrogen-bond acceptors (Lipinski definition) is 3. The monoisotopic (exact) mass is 253 g/mol. The molecule has 1 aromatic rings. The molecule has 0 saturated carbocycles. The van der Waals surface area contributed by atoms with Gasteiger partial charge in [0, 0.05) is 16.7 Å². The van der Waals surface area contributed by atoms with Crippen LogP contribution >= 0.6 is 0 Å². The molecule has 2 rings (SSSR count). The van der Waals surface area contributed by atoms with Crippen LogP contribution in [0.15, 0.2) is 41.6 Å². The molecule has 0 atom stereocenters. The number of benzene rings is 1. The van der Waals surface area contributed by atoms with Crippen molar-refractivity contribution in [2.75, 3.05) is 7.11 Å². The lowest BCUT2D eigenvalue weighted by atomic mass is 10.0. The molecule has 0 heterocycles. The summed E-state index contributed by atoms with van der Waals surface area (Å²) in [7, 11) is 1.21. The lowest BCUT2D eigenvalue weighted by Crippen LogP contribution is -2.05. The molecule has 94 valence electrons. The van der Waals surface area contributed by atoms with E-state index in [4.69, 9.17) is 6.57 Å². The van der Waals surface area contributed by atoms with Crippen LogP contribution in [0.25, 0.3) is 10.4 Å². The second-order valence-electron chi connectivity index (χ2n) is 3.90. The van der Waals surface area contributed by atoms with Gasteiger partial charge in [0.05, 0.1) is 13.7 Å². The Labute approximate surface area is 110 Å². The lowest BCUT2D eigenvalue weighted by molar-refractivity contribution is -0.135. The first-order valence-corrected chi connectivity index (χ1v) is 5.66. The molecule has 0 amide bonds. The first kappa shape index (κ1) is 12.8. The van der Waals surface area contributed by atoms with E-state index in [0.29, 0.717) is 22.3 Å². The van der Waals surface area contributed by atoms with E-state index in [0.717, 1.165) is 0 Å². The van der Waals surface area contributed by atoms with E-state index >= 15 is 0 Å². The molecule has 19 heavy (non-hydrogen) atoms. The molecular weight excluding hydrogens is 242 g/mol. The summed E-state index contributed by atoms with van der Waals surface area (Å²) in [5, 5.41) is 0. The maximum absolute atomic E-state index is 12.2.